The van der Waals surface area contributed by atoms with Gasteiger partial charge in [-0.1, -0.05) is 17.7 Å². The van der Waals surface area contributed by atoms with Crippen LogP contribution in [0.3, 0.4) is 0 Å². The summed E-state index contributed by atoms with van der Waals surface area (Å²) < 4.78 is 67.7. The number of carbonyl (C=O) groups is 2. The molecule has 0 aromatic heterocycles. The van der Waals surface area contributed by atoms with Gasteiger partial charge >= 0.3 is 18.0 Å². The van der Waals surface area contributed by atoms with Crippen LogP contribution in [-0.2, 0) is 28.6 Å². The lowest BCUT2D eigenvalue weighted by Crippen LogP contribution is -2.51. The Morgan fingerprint density at radius 1 is 1.14 bits per heavy atom. The lowest BCUT2D eigenvalue weighted by atomic mass is 10.2. The van der Waals surface area contributed by atoms with Gasteiger partial charge in [0.05, 0.1) is 18.0 Å². The van der Waals surface area contributed by atoms with Crippen LogP contribution in [0.5, 0.6) is 0 Å². The van der Waals surface area contributed by atoms with E-state index in [2.05, 4.69) is 8.92 Å². The molecular weight excluding hydrogens is 412 g/mol. The molecule has 0 aliphatic rings. The number of nitrogens with one attached hydrogen (secondary N) is 1. The summed E-state index contributed by atoms with van der Waals surface area (Å²) in [5.41, 5.74) is -0.179. The van der Waals surface area contributed by atoms with E-state index < -0.39 is 46.4 Å². The van der Waals surface area contributed by atoms with Crippen LogP contribution in [0, 0.1) is 6.92 Å². The molecule has 8 nitrogen and oxygen atoms in total. The van der Waals surface area contributed by atoms with Crippen LogP contribution in [0.2, 0.25) is 0 Å². The fourth-order valence-corrected chi connectivity index (χ4v) is 3.06. The zero-order valence-electron chi connectivity index (χ0n) is 16.8. The van der Waals surface area contributed by atoms with Crippen molar-refractivity contribution in [2.24, 2.45) is 0 Å². The van der Waals surface area contributed by atoms with Gasteiger partial charge in [0.15, 0.2) is 6.10 Å². The van der Waals surface area contributed by atoms with E-state index in [9.17, 15) is 26.8 Å². The number of halogens is 2. The number of hydrogen-bond donors (Lipinski definition) is 1. The smallest absolute Gasteiger partial charge is 0.407 e. The second kappa shape index (κ2) is 9.49. The maximum absolute atomic E-state index is 14.5. The number of hydrogen-bond acceptors (Lipinski definition) is 7. The molecule has 0 bridgehead atoms. The SMILES string of the molecule is CCOC(=O)C(F)(F)C(CNC(=O)OC(C)(C)C)OS(=O)(=O)c1ccc(C)cc1. The van der Waals surface area contributed by atoms with Gasteiger partial charge in [-0.25, -0.2) is 9.59 Å². The molecule has 0 saturated carbocycles. The van der Waals surface area contributed by atoms with E-state index in [1.807, 2.05) is 5.32 Å². The van der Waals surface area contributed by atoms with Crippen molar-refractivity contribution in [2.75, 3.05) is 13.2 Å². The first-order valence-corrected chi connectivity index (χ1v) is 10.1. The summed E-state index contributed by atoms with van der Waals surface area (Å²) >= 11 is 0. The number of ether oxygens (including phenoxy) is 2. The van der Waals surface area contributed by atoms with E-state index >= 15 is 0 Å². The Labute approximate surface area is 168 Å². The summed E-state index contributed by atoms with van der Waals surface area (Å²) in [4.78, 5) is 23.0. The predicted molar refractivity (Wildman–Crippen MR) is 99.1 cm³/mol. The number of alkyl carbamates (subject to hydrolysis) is 1. The van der Waals surface area contributed by atoms with Crippen molar-refractivity contribution < 1.29 is 40.4 Å². The van der Waals surface area contributed by atoms with Gasteiger partial charge in [0, 0.05) is 0 Å². The Bertz CT molecular complexity index is 818. The van der Waals surface area contributed by atoms with Crippen LogP contribution in [0.4, 0.5) is 13.6 Å². The second-order valence-electron chi connectivity index (χ2n) is 7.08. The maximum atomic E-state index is 14.5. The molecule has 0 heterocycles. The summed E-state index contributed by atoms with van der Waals surface area (Å²) in [6.07, 6.45) is -3.64. The van der Waals surface area contributed by atoms with Crippen LogP contribution in [-0.4, -0.2) is 51.3 Å². The first-order valence-electron chi connectivity index (χ1n) is 8.71. The Balaban J connectivity index is 3.11. The Kier molecular flexibility index (Phi) is 8.10. The van der Waals surface area contributed by atoms with Gasteiger partial charge in [-0.2, -0.15) is 17.2 Å². The largest absolute Gasteiger partial charge is 0.461 e. The molecule has 1 N–H and O–H groups in total. The number of benzene rings is 1. The minimum Gasteiger partial charge on any atom is -0.461 e. The summed E-state index contributed by atoms with van der Waals surface area (Å²) in [6, 6.07) is 5.25. The average Bonchev–Trinajstić information content (AvgIpc) is 2.57. The van der Waals surface area contributed by atoms with Crippen molar-refractivity contribution in [2.45, 2.75) is 57.1 Å². The molecule has 11 heteroatoms. The van der Waals surface area contributed by atoms with Gasteiger partial charge in [0.25, 0.3) is 10.1 Å². The molecule has 0 spiro atoms. The molecule has 0 fully saturated rings. The van der Waals surface area contributed by atoms with Crippen molar-refractivity contribution >= 4 is 22.2 Å². The van der Waals surface area contributed by atoms with Gasteiger partial charge in [0.1, 0.15) is 5.60 Å². The summed E-state index contributed by atoms with van der Waals surface area (Å²) in [6.45, 7) is 6.30. The molecule has 1 atom stereocenters. The monoisotopic (exact) mass is 437 g/mol. The van der Waals surface area contributed by atoms with Crippen LogP contribution < -0.4 is 5.32 Å². The molecular formula is C18H25F2NO7S. The highest BCUT2D eigenvalue weighted by Crippen LogP contribution is 2.27. The highest BCUT2D eigenvalue weighted by molar-refractivity contribution is 7.86. The molecule has 1 aromatic carbocycles. The van der Waals surface area contributed by atoms with Crippen molar-refractivity contribution in [1.29, 1.82) is 0 Å². The summed E-state index contributed by atoms with van der Waals surface area (Å²) in [5, 5.41) is 1.99. The minimum atomic E-state index is -4.67. The van der Waals surface area contributed by atoms with Crippen molar-refractivity contribution in [1.82, 2.24) is 5.32 Å². The molecule has 1 amide bonds. The van der Waals surface area contributed by atoms with Gasteiger partial charge < -0.3 is 14.8 Å². The zero-order chi connectivity index (χ0) is 22.5. The lowest BCUT2D eigenvalue weighted by Gasteiger charge is -2.26. The van der Waals surface area contributed by atoms with Crippen LogP contribution >= 0.6 is 0 Å². The first kappa shape index (κ1) is 24.8. The number of alkyl halides is 2. The molecule has 0 aliphatic carbocycles. The Hall–Kier alpha value is -2.27. The predicted octanol–water partition coefficient (Wildman–Crippen LogP) is 2.79. The molecule has 1 unspecified atom stereocenters. The minimum absolute atomic E-state index is 0.356. The summed E-state index contributed by atoms with van der Waals surface area (Å²) in [7, 11) is -4.67. The summed E-state index contributed by atoms with van der Waals surface area (Å²) in [5.74, 6) is -6.34. The van der Waals surface area contributed by atoms with Crippen LogP contribution in [0.15, 0.2) is 29.2 Å². The second-order valence-corrected chi connectivity index (χ2v) is 8.65. The van der Waals surface area contributed by atoms with Gasteiger partial charge in [-0.05, 0) is 46.8 Å². The van der Waals surface area contributed by atoms with Crippen molar-refractivity contribution in [3.63, 3.8) is 0 Å². The third-order valence-corrected chi connectivity index (χ3v) is 4.67. The topological polar surface area (TPSA) is 108 Å². The molecule has 29 heavy (non-hydrogen) atoms. The first-order chi connectivity index (χ1) is 13.2. The fourth-order valence-electron chi connectivity index (χ4n) is 1.99. The van der Waals surface area contributed by atoms with Crippen LogP contribution in [0.1, 0.15) is 33.3 Å². The van der Waals surface area contributed by atoms with Crippen LogP contribution in [0.25, 0.3) is 0 Å². The molecule has 0 radical (unpaired) electrons. The quantitative estimate of drug-likeness (QED) is 0.492. The van der Waals surface area contributed by atoms with E-state index in [0.29, 0.717) is 0 Å². The normalized spacial score (nSPS) is 13.5. The average molecular weight is 437 g/mol. The highest BCUT2D eigenvalue weighted by Gasteiger charge is 2.52. The third-order valence-electron chi connectivity index (χ3n) is 3.34. The standard InChI is InChI=1S/C18H25F2NO7S/c1-6-26-15(22)18(19,20)14(11-21-16(23)27-17(3,4)5)28-29(24,25)13-9-7-12(2)8-10-13/h7-10,14H,6,11H2,1-5H3,(H,21,23). The van der Waals surface area contributed by atoms with E-state index in [4.69, 9.17) is 4.74 Å². The van der Waals surface area contributed by atoms with E-state index in [1.54, 1.807) is 27.7 Å². The number of carbonyl (C=O) groups excluding carboxylic acids is 2. The van der Waals surface area contributed by atoms with E-state index in [-0.39, 0.29) is 11.5 Å². The van der Waals surface area contributed by atoms with Crippen molar-refractivity contribution in [3.05, 3.63) is 29.8 Å². The Morgan fingerprint density at radius 3 is 2.17 bits per heavy atom. The molecule has 1 rings (SSSR count). The number of esters is 1. The van der Waals surface area contributed by atoms with Gasteiger partial charge in [-0.15, -0.1) is 0 Å². The third kappa shape index (κ3) is 7.58. The maximum Gasteiger partial charge on any atom is 0.407 e. The van der Waals surface area contributed by atoms with E-state index in [1.165, 1.54) is 31.2 Å². The molecule has 164 valence electrons. The Morgan fingerprint density at radius 2 is 1.69 bits per heavy atom. The number of amides is 1. The number of aryl methyl sites for hydroxylation is 1. The highest BCUT2D eigenvalue weighted by atomic mass is 32.2. The number of rotatable bonds is 8. The molecule has 0 saturated heterocycles. The fraction of sp³-hybridized carbons (Fsp3) is 0.556. The van der Waals surface area contributed by atoms with Gasteiger partial charge in [-0.3, -0.25) is 4.18 Å². The molecule has 1 aromatic rings. The van der Waals surface area contributed by atoms with Crippen molar-refractivity contribution in [3.8, 4) is 0 Å². The molecule has 0 aliphatic heterocycles. The zero-order valence-corrected chi connectivity index (χ0v) is 17.6. The lowest BCUT2D eigenvalue weighted by molar-refractivity contribution is -0.184. The van der Waals surface area contributed by atoms with E-state index in [0.717, 1.165) is 5.56 Å². The van der Waals surface area contributed by atoms with Gasteiger partial charge in [0.2, 0.25) is 0 Å².